The number of fused-ring (bicyclic) bond motifs is 3. The van der Waals surface area contributed by atoms with Gasteiger partial charge in [0.1, 0.15) is 5.56 Å². The Bertz CT molecular complexity index is 1070. The summed E-state index contributed by atoms with van der Waals surface area (Å²) in [7, 11) is 1.66. The lowest BCUT2D eigenvalue weighted by Crippen LogP contribution is -2.53. The van der Waals surface area contributed by atoms with Crippen molar-refractivity contribution in [3.63, 3.8) is 0 Å². The third-order valence-corrected chi connectivity index (χ3v) is 7.03. The quantitative estimate of drug-likeness (QED) is 0.593. The van der Waals surface area contributed by atoms with Gasteiger partial charge in [-0.05, 0) is 57.0 Å². The van der Waals surface area contributed by atoms with Crippen LogP contribution in [0.3, 0.4) is 0 Å². The van der Waals surface area contributed by atoms with E-state index in [4.69, 9.17) is 0 Å². The number of hydrogen-bond acceptors (Lipinski definition) is 5. The average molecular weight is 455 g/mol. The lowest BCUT2D eigenvalue weighted by atomic mass is 9.96. The first-order valence-electron chi connectivity index (χ1n) is 11.8. The van der Waals surface area contributed by atoms with Gasteiger partial charge in [-0.2, -0.15) is 0 Å². The first kappa shape index (κ1) is 23.4. The normalized spacial score (nSPS) is 23.6. The molecule has 1 aromatic heterocycles. The second kappa shape index (κ2) is 9.65. The van der Waals surface area contributed by atoms with Crippen LogP contribution in [0.15, 0.2) is 35.1 Å². The highest BCUT2D eigenvalue weighted by Gasteiger charge is 2.41. The summed E-state index contributed by atoms with van der Waals surface area (Å²) in [5.74, 6) is -0.314. The molecule has 0 radical (unpaired) electrons. The number of likely N-dealkylation sites (N-methyl/N-ethyl adjacent to an activating group) is 1. The summed E-state index contributed by atoms with van der Waals surface area (Å²) in [6, 6.07) is 9.87. The minimum atomic E-state index is -0.596. The van der Waals surface area contributed by atoms with Crippen molar-refractivity contribution in [1.29, 1.82) is 0 Å². The van der Waals surface area contributed by atoms with Crippen LogP contribution in [-0.4, -0.2) is 76.2 Å². The first-order chi connectivity index (χ1) is 15.8. The Morgan fingerprint density at radius 3 is 2.55 bits per heavy atom. The number of nitrogens with zero attached hydrogens (tertiary/aromatic N) is 3. The molecule has 0 aliphatic carbocycles. The number of aromatic nitrogens is 1. The SMILES string of the molecule is CC(C)n1c(=O)c(C(=O)N[C@@H]2C[C@H]3CC[C@@H](C2)N3C[C@@H](O)CN(C)C=O)cc2ccccc21. The number of benzene rings is 1. The van der Waals surface area contributed by atoms with Crippen molar-refractivity contribution in [2.75, 3.05) is 20.1 Å². The number of rotatable bonds is 8. The van der Waals surface area contributed by atoms with Gasteiger partial charge in [-0.15, -0.1) is 0 Å². The van der Waals surface area contributed by atoms with Crippen LogP contribution < -0.4 is 10.9 Å². The monoisotopic (exact) mass is 454 g/mol. The van der Waals surface area contributed by atoms with Crippen molar-refractivity contribution in [1.82, 2.24) is 19.7 Å². The molecule has 2 amide bonds. The van der Waals surface area contributed by atoms with Crippen molar-refractivity contribution in [3.8, 4) is 0 Å². The van der Waals surface area contributed by atoms with Gasteiger partial charge in [0.15, 0.2) is 0 Å². The van der Waals surface area contributed by atoms with Gasteiger partial charge in [0, 0.05) is 44.3 Å². The molecule has 178 valence electrons. The third-order valence-electron chi connectivity index (χ3n) is 7.03. The van der Waals surface area contributed by atoms with Crippen LogP contribution in [0.25, 0.3) is 10.9 Å². The van der Waals surface area contributed by atoms with E-state index < -0.39 is 6.10 Å². The van der Waals surface area contributed by atoms with E-state index in [0.29, 0.717) is 13.1 Å². The Balaban J connectivity index is 1.47. The molecule has 3 heterocycles. The molecule has 2 fully saturated rings. The lowest BCUT2D eigenvalue weighted by Gasteiger charge is -2.40. The minimum absolute atomic E-state index is 0.000545. The maximum atomic E-state index is 13.2. The molecule has 2 N–H and O–H groups in total. The van der Waals surface area contributed by atoms with E-state index in [9.17, 15) is 19.5 Å². The smallest absolute Gasteiger partial charge is 0.264 e. The maximum absolute atomic E-state index is 13.2. The third kappa shape index (κ3) is 4.82. The lowest BCUT2D eigenvalue weighted by molar-refractivity contribution is -0.118. The zero-order chi connectivity index (χ0) is 23.7. The largest absolute Gasteiger partial charge is 0.390 e. The summed E-state index contributed by atoms with van der Waals surface area (Å²) in [4.78, 5) is 41.0. The standard InChI is InChI=1S/C25H34N4O4/c1-16(2)29-23-7-5-4-6-17(23)10-22(25(29)33)24(32)26-18-11-19-8-9-20(12-18)28(19)14-21(31)13-27(3)15-30/h4-7,10,15-16,18-21,31H,8-9,11-14H2,1-3H3,(H,26,32)/t18-,19-,20+,21-/m0/s1. The van der Waals surface area contributed by atoms with E-state index in [2.05, 4.69) is 10.2 Å². The minimum Gasteiger partial charge on any atom is -0.390 e. The van der Waals surface area contributed by atoms with Crippen LogP contribution in [0, 0.1) is 0 Å². The van der Waals surface area contributed by atoms with Crippen LogP contribution in [0.1, 0.15) is 55.9 Å². The van der Waals surface area contributed by atoms with E-state index in [0.717, 1.165) is 43.0 Å². The Morgan fingerprint density at radius 1 is 1.24 bits per heavy atom. The van der Waals surface area contributed by atoms with E-state index in [1.165, 1.54) is 4.90 Å². The number of carbonyl (C=O) groups is 2. The molecule has 8 heteroatoms. The van der Waals surface area contributed by atoms with Gasteiger partial charge in [-0.25, -0.2) is 0 Å². The Hall–Kier alpha value is -2.71. The molecule has 1 aromatic carbocycles. The summed E-state index contributed by atoms with van der Waals surface area (Å²) in [6.45, 7) is 4.73. The molecule has 2 saturated heterocycles. The highest BCUT2D eigenvalue weighted by molar-refractivity contribution is 5.97. The number of amides is 2. The van der Waals surface area contributed by atoms with E-state index in [-0.39, 0.29) is 41.2 Å². The molecule has 33 heavy (non-hydrogen) atoms. The number of carbonyl (C=O) groups excluding carboxylic acids is 2. The fourth-order valence-corrected chi connectivity index (χ4v) is 5.59. The van der Waals surface area contributed by atoms with Gasteiger partial charge in [0.2, 0.25) is 6.41 Å². The molecule has 2 bridgehead atoms. The van der Waals surface area contributed by atoms with E-state index in [1.54, 1.807) is 17.7 Å². The molecule has 2 aliphatic heterocycles. The van der Waals surface area contributed by atoms with Gasteiger partial charge in [-0.1, -0.05) is 18.2 Å². The molecule has 0 spiro atoms. The summed E-state index contributed by atoms with van der Waals surface area (Å²) in [5, 5.41) is 14.4. The molecule has 0 saturated carbocycles. The zero-order valence-corrected chi connectivity index (χ0v) is 19.6. The molecule has 4 atom stereocenters. The summed E-state index contributed by atoms with van der Waals surface area (Å²) < 4.78 is 1.69. The Labute approximate surface area is 194 Å². The van der Waals surface area contributed by atoms with Gasteiger partial charge >= 0.3 is 0 Å². The van der Waals surface area contributed by atoms with Gasteiger partial charge in [0.05, 0.1) is 11.6 Å². The summed E-state index contributed by atoms with van der Waals surface area (Å²) in [6.07, 6.45) is 3.78. The van der Waals surface area contributed by atoms with Crippen molar-refractivity contribution >= 4 is 23.2 Å². The Morgan fingerprint density at radius 2 is 1.91 bits per heavy atom. The number of nitrogens with one attached hydrogen (secondary N) is 1. The number of hydrogen-bond donors (Lipinski definition) is 2. The van der Waals surface area contributed by atoms with Crippen LogP contribution in [0.4, 0.5) is 0 Å². The maximum Gasteiger partial charge on any atom is 0.264 e. The highest BCUT2D eigenvalue weighted by Crippen LogP contribution is 2.36. The fourth-order valence-electron chi connectivity index (χ4n) is 5.59. The van der Waals surface area contributed by atoms with E-state index in [1.807, 2.05) is 38.1 Å². The van der Waals surface area contributed by atoms with Crippen LogP contribution in [0.2, 0.25) is 0 Å². The first-order valence-corrected chi connectivity index (χ1v) is 11.8. The summed E-state index contributed by atoms with van der Waals surface area (Å²) >= 11 is 0. The number of pyridine rings is 1. The van der Waals surface area contributed by atoms with Crippen LogP contribution >= 0.6 is 0 Å². The Kier molecular flexibility index (Phi) is 6.86. The molecular formula is C25H34N4O4. The number of aliphatic hydroxyl groups excluding tert-OH is 1. The topological polar surface area (TPSA) is 94.9 Å². The predicted molar refractivity (Wildman–Crippen MR) is 127 cm³/mol. The molecular weight excluding hydrogens is 420 g/mol. The molecule has 4 rings (SSSR count). The molecule has 8 nitrogen and oxygen atoms in total. The second-order valence-electron chi connectivity index (χ2n) is 9.81. The van der Waals surface area contributed by atoms with Crippen LogP contribution in [0.5, 0.6) is 0 Å². The van der Waals surface area contributed by atoms with Crippen molar-refractivity contribution in [3.05, 3.63) is 46.2 Å². The number of aliphatic hydroxyl groups is 1. The fraction of sp³-hybridized carbons (Fsp3) is 0.560. The predicted octanol–water partition coefficient (Wildman–Crippen LogP) is 1.76. The summed E-state index contributed by atoms with van der Waals surface area (Å²) in [5.41, 5.74) is 0.757. The van der Waals surface area contributed by atoms with E-state index >= 15 is 0 Å². The molecule has 2 aromatic rings. The van der Waals surface area contributed by atoms with Crippen molar-refractivity contribution < 1.29 is 14.7 Å². The van der Waals surface area contributed by atoms with Gasteiger partial charge < -0.3 is 19.9 Å². The van der Waals surface area contributed by atoms with Crippen LogP contribution in [-0.2, 0) is 4.79 Å². The molecule has 2 aliphatic rings. The van der Waals surface area contributed by atoms with Gasteiger partial charge in [-0.3, -0.25) is 19.3 Å². The second-order valence-corrected chi connectivity index (χ2v) is 9.81. The number of piperidine rings is 1. The highest BCUT2D eigenvalue weighted by atomic mass is 16.3. The number of para-hydroxylation sites is 1. The van der Waals surface area contributed by atoms with Crippen molar-refractivity contribution in [2.45, 2.75) is 69.8 Å². The average Bonchev–Trinajstić information content (AvgIpc) is 3.00. The van der Waals surface area contributed by atoms with Gasteiger partial charge in [0.25, 0.3) is 11.5 Å². The van der Waals surface area contributed by atoms with Crippen molar-refractivity contribution in [2.24, 2.45) is 0 Å². The zero-order valence-electron chi connectivity index (χ0n) is 19.6. The molecule has 0 unspecified atom stereocenters.